The average molecular weight is 474 g/mol. The quantitative estimate of drug-likeness (QED) is 0.540. The summed E-state index contributed by atoms with van der Waals surface area (Å²) in [5, 5.41) is 9.13. The van der Waals surface area contributed by atoms with Gasteiger partial charge >= 0.3 is 5.97 Å². The number of hydrogen-bond acceptors (Lipinski definition) is 6. The zero-order valence-corrected chi connectivity index (χ0v) is 18.7. The molecule has 3 aromatic rings. The molecule has 8 nitrogen and oxygen atoms in total. The van der Waals surface area contributed by atoms with Gasteiger partial charge in [0.25, 0.3) is 10.0 Å². The molecule has 2 aromatic carbocycles. The maximum absolute atomic E-state index is 13.6. The van der Waals surface area contributed by atoms with E-state index >= 15 is 0 Å². The van der Waals surface area contributed by atoms with Crippen LogP contribution in [0.3, 0.4) is 0 Å². The van der Waals surface area contributed by atoms with Crippen molar-refractivity contribution < 1.29 is 23.1 Å². The molecule has 0 fully saturated rings. The number of sulfonamides is 1. The van der Waals surface area contributed by atoms with Crippen molar-refractivity contribution >= 4 is 33.3 Å². The normalized spacial score (nSPS) is 15.7. The van der Waals surface area contributed by atoms with E-state index in [9.17, 15) is 13.2 Å². The second-order valence-corrected chi connectivity index (χ2v) is 9.62. The van der Waals surface area contributed by atoms with E-state index < -0.39 is 22.1 Å². The summed E-state index contributed by atoms with van der Waals surface area (Å²) >= 11 is 5.91. The van der Waals surface area contributed by atoms with Gasteiger partial charge in [-0.15, -0.1) is 0 Å². The number of nitrogens with zero attached hydrogens (tertiary/aromatic N) is 3. The van der Waals surface area contributed by atoms with Crippen LogP contribution < -0.4 is 9.04 Å². The number of fused-ring (bicyclic) bond motifs is 1. The lowest BCUT2D eigenvalue weighted by Gasteiger charge is -2.35. The number of hydrogen-bond donors (Lipinski definition) is 1. The fourth-order valence-electron chi connectivity index (χ4n) is 3.53. The minimum absolute atomic E-state index is 0.00939. The van der Waals surface area contributed by atoms with Crippen LogP contribution in [0, 0.1) is 6.92 Å². The monoisotopic (exact) mass is 473 g/mol. The summed E-state index contributed by atoms with van der Waals surface area (Å²) in [6, 6.07) is 13.4. The third-order valence-electron chi connectivity index (χ3n) is 5.07. The van der Waals surface area contributed by atoms with Gasteiger partial charge in [-0.3, -0.25) is 9.10 Å². The molecule has 4 rings (SSSR count). The largest absolute Gasteiger partial charge is 0.486 e. The van der Waals surface area contributed by atoms with E-state index in [-0.39, 0.29) is 29.6 Å². The van der Waals surface area contributed by atoms with Gasteiger partial charge in [-0.1, -0.05) is 12.1 Å². The van der Waals surface area contributed by atoms with Crippen LogP contribution in [0.15, 0.2) is 59.6 Å². The predicted molar refractivity (Wildman–Crippen MR) is 119 cm³/mol. The summed E-state index contributed by atoms with van der Waals surface area (Å²) in [6.45, 7) is 1.81. The van der Waals surface area contributed by atoms with Gasteiger partial charge in [0, 0.05) is 18.2 Å². The number of ether oxygens (including phenoxy) is 1. The van der Waals surface area contributed by atoms with E-state index in [1.165, 1.54) is 16.6 Å². The molecule has 0 saturated heterocycles. The number of aromatic nitrogens is 2. The molecule has 1 aromatic heterocycles. The van der Waals surface area contributed by atoms with Gasteiger partial charge in [0.15, 0.2) is 0 Å². The highest BCUT2D eigenvalue weighted by Gasteiger charge is 2.35. The molecule has 1 atom stereocenters. The van der Waals surface area contributed by atoms with E-state index in [0.29, 0.717) is 22.7 Å². The second-order valence-electron chi connectivity index (χ2n) is 7.42. The van der Waals surface area contributed by atoms with Crippen molar-refractivity contribution in [1.29, 1.82) is 0 Å². The fourth-order valence-corrected chi connectivity index (χ4v) is 5.28. The summed E-state index contributed by atoms with van der Waals surface area (Å²) in [4.78, 5) is 19.3. The van der Waals surface area contributed by atoms with Gasteiger partial charge in [-0.25, -0.2) is 18.4 Å². The number of carboxylic acids is 1. The smallest absolute Gasteiger partial charge is 0.303 e. The summed E-state index contributed by atoms with van der Waals surface area (Å²) in [5.74, 6) is -0.616. The number of benzene rings is 2. The van der Waals surface area contributed by atoms with Gasteiger partial charge in [-0.05, 0) is 66.9 Å². The summed E-state index contributed by atoms with van der Waals surface area (Å²) < 4.78 is 34.4. The number of aryl methyl sites for hydroxylation is 1. The first-order valence-electron chi connectivity index (χ1n) is 9.85. The maximum Gasteiger partial charge on any atom is 0.303 e. The predicted octanol–water partition coefficient (Wildman–Crippen LogP) is 3.93. The molecule has 32 heavy (non-hydrogen) atoms. The summed E-state index contributed by atoms with van der Waals surface area (Å²) in [7, 11) is -3.93. The first-order chi connectivity index (χ1) is 15.2. The van der Waals surface area contributed by atoms with Crippen LogP contribution in [0.5, 0.6) is 5.75 Å². The van der Waals surface area contributed by atoms with E-state index in [4.69, 9.17) is 21.4 Å². The van der Waals surface area contributed by atoms with E-state index in [1.807, 2.05) is 13.0 Å². The fraction of sp³-hybridized carbons (Fsp3) is 0.227. The van der Waals surface area contributed by atoms with E-state index in [2.05, 4.69) is 9.97 Å². The molecule has 0 amide bonds. The second kappa shape index (κ2) is 8.76. The Labute approximate surface area is 190 Å². The van der Waals surface area contributed by atoms with Crippen LogP contribution in [0.25, 0.3) is 11.3 Å². The molecular weight excluding hydrogens is 454 g/mol. The van der Waals surface area contributed by atoms with E-state index in [1.54, 1.807) is 36.4 Å². The van der Waals surface area contributed by atoms with Crippen LogP contribution in [-0.2, 0) is 14.8 Å². The van der Waals surface area contributed by atoms with E-state index in [0.717, 1.165) is 5.56 Å². The lowest BCUT2D eigenvalue weighted by atomic mass is 10.1. The van der Waals surface area contributed by atoms with Crippen LogP contribution in [-0.4, -0.2) is 42.1 Å². The Morgan fingerprint density at radius 2 is 2.06 bits per heavy atom. The third kappa shape index (κ3) is 4.53. The van der Waals surface area contributed by atoms with Crippen molar-refractivity contribution in [3.8, 4) is 17.0 Å². The van der Waals surface area contributed by atoms with Crippen LogP contribution in [0.2, 0.25) is 5.28 Å². The van der Waals surface area contributed by atoms with Crippen molar-refractivity contribution in [2.45, 2.75) is 30.8 Å². The van der Waals surface area contributed by atoms with Crippen molar-refractivity contribution in [1.82, 2.24) is 9.97 Å². The molecule has 0 radical (unpaired) electrons. The van der Waals surface area contributed by atoms with Crippen LogP contribution in [0.4, 0.5) is 5.69 Å². The van der Waals surface area contributed by atoms with Gasteiger partial charge in [0.1, 0.15) is 11.9 Å². The topological polar surface area (TPSA) is 110 Å². The Hall–Kier alpha value is -3.17. The SMILES string of the molecule is Cc1cccc(S(=O)(=O)N2C[C@H](CCC(=O)O)Oc3ccc(-c4ccnc(Cl)n4)cc32)c1. The Balaban J connectivity index is 1.80. The number of carboxylic acid groups (broad SMARTS) is 1. The van der Waals surface area contributed by atoms with Crippen LogP contribution in [0.1, 0.15) is 18.4 Å². The maximum atomic E-state index is 13.6. The molecule has 0 bridgehead atoms. The zero-order chi connectivity index (χ0) is 22.9. The number of aliphatic carboxylic acids is 1. The Morgan fingerprint density at radius 1 is 1.25 bits per heavy atom. The molecule has 10 heteroatoms. The first kappa shape index (κ1) is 22.0. The Bertz CT molecular complexity index is 1280. The highest BCUT2D eigenvalue weighted by Crippen LogP contribution is 2.40. The minimum Gasteiger partial charge on any atom is -0.486 e. The highest BCUT2D eigenvalue weighted by atomic mass is 35.5. The molecule has 0 unspecified atom stereocenters. The molecule has 166 valence electrons. The van der Waals surface area contributed by atoms with Gasteiger partial charge < -0.3 is 9.84 Å². The lowest BCUT2D eigenvalue weighted by Crippen LogP contribution is -2.43. The molecule has 0 saturated carbocycles. The standard InChI is InChI=1S/C22H20ClN3O5S/c1-14-3-2-4-17(11-14)32(29,30)26-13-16(6-8-21(27)28)31-20-7-5-15(12-19(20)26)18-9-10-24-22(23)25-18/h2-5,7,9-12,16H,6,8,13H2,1H3,(H,27,28)/t16-/m0/s1. The first-order valence-corrected chi connectivity index (χ1v) is 11.7. The van der Waals surface area contributed by atoms with Gasteiger partial charge in [0.2, 0.25) is 5.28 Å². The molecule has 1 N–H and O–H groups in total. The lowest BCUT2D eigenvalue weighted by molar-refractivity contribution is -0.137. The Morgan fingerprint density at radius 3 is 2.78 bits per heavy atom. The molecule has 2 heterocycles. The summed E-state index contributed by atoms with van der Waals surface area (Å²) in [5.41, 5.74) is 2.34. The molecule has 1 aliphatic rings. The molecule has 0 spiro atoms. The highest BCUT2D eigenvalue weighted by molar-refractivity contribution is 7.92. The molecular formula is C22H20ClN3O5S. The average Bonchev–Trinajstić information content (AvgIpc) is 2.76. The summed E-state index contributed by atoms with van der Waals surface area (Å²) in [6.07, 6.45) is 0.967. The van der Waals surface area contributed by atoms with Crippen molar-refractivity contribution in [2.75, 3.05) is 10.8 Å². The van der Waals surface area contributed by atoms with Crippen molar-refractivity contribution in [2.24, 2.45) is 0 Å². The number of halogens is 1. The van der Waals surface area contributed by atoms with Crippen LogP contribution >= 0.6 is 11.6 Å². The van der Waals surface area contributed by atoms with Gasteiger partial charge in [0.05, 0.1) is 22.8 Å². The van der Waals surface area contributed by atoms with Crippen molar-refractivity contribution in [3.05, 3.63) is 65.6 Å². The minimum atomic E-state index is -3.93. The molecule has 0 aliphatic carbocycles. The Kier molecular flexibility index (Phi) is 6.03. The zero-order valence-electron chi connectivity index (χ0n) is 17.1. The number of carbonyl (C=O) groups is 1. The van der Waals surface area contributed by atoms with Gasteiger partial charge in [-0.2, -0.15) is 0 Å². The number of anilines is 1. The van der Waals surface area contributed by atoms with Crippen molar-refractivity contribution in [3.63, 3.8) is 0 Å². The molecule has 1 aliphatic heterocycles. The third-order valence-corrected chi connectivity index (χ3v) is 7.03. The number of rotatable bonds is 6.